The minimum Gasteiger partial charge on any atom is -0.393 e. The van der Waals surface area contributed by atoms with Crippen LogP contribution in [-0.4, -0.2) is 17.1 Å². The van der Waals surface area contributed by atoms with E-state index in [1.165, 1.54) is 0 Å². The van der Waals surface area contributed by atoms with Gasteiger partial charge in [0.05, 0.1) is 11.3 Å². The summed E-state index contributed by atoms with van der Waals surface area (Å²) >= 11 is 0. The fraction of sp³-hybridized carbons (Fsp3) is 0.125. The number of hydrogen-bond donors (Lipinski definition) is 3. The van der Waals surface area contributed by atoms with Crippen LogP contribution in [0.4, 0.5) is 13.2 Å². The van der Waals surface area contributed by atoms with Crippen LogP contribution >= 0.6 is 0 Å². The zero-order valence-corrected chi connectivity index (χ0v) is 7.95. The van der Waals surface area contributed by atoms with Gasteiger partial charge in [-0.25, -0.2) is 5.84 Å². The van der Waals surface area contributed by atoms with Gasteiger partial charge in [0.2, 0.25) is 0 Å². The number of allylic oxidation sites excluding steroid dienone is 3. The number of alkyl halides is 3. The molecule has 8 heteroatoms. The van der Waals surface area contributed by atoms with Crippen LogP contribution in [-0.2, 0) is 4.79 Å². The van der Waals surface area contributed by atoms with Crippen LogP contribution < -0.4 is 17.3 Å². The first-order chi connectivity index (χ1) is 7.23. The number of carbonyl (C=O) groups is 1. The van der Waals surface area contributed by atoms with Gasteiger partial charge in [0.25, 0.3) is 5.91 Å². The highest BCUT2D eigenvalue weighted by Gasteiger charge is 2.34. The predicted molar refractivity (Wildman–Crippen MR) is 49.7 cm³/mol. The highest BCUT2D eigenvalue weighted by molar-refractivity contribution is 5.92. The normalized spacial score (nSPS) is 19.5. The highest BCUT2D eigenvalue weighted by atomic mass is 19.4. The second-order valence-electron chi connectivity index (χ2n) is 2.98. The molecule has 0 fully saturated rings. The molecule has 0 aliphatic carbocycles. The van der Waals surface area contributed by atoms with Crippen molar-refractivity contribution >= 4 is 5.91 Å². The third-order valence-electron chi connectivity index (χ3n) is 1.85. The summed E-state index contributed by atoms with van der Waals surface area (Å²) in [6.07, 6.45) is -2.19. The quantitative estimate of drug-likeness (QED) is 0.433. The fourth-order valence-electron chi connectivity index (χ4n) is 1.03. The topological polar surface area (TPSA) is 98.4 Å². The van der Waals surface area contributed by atoms with E-state index in [1.54, 1.807) is 0 Å². The number of nitrogens with zero attached hydrogens (tertiary/aromatic N) is 1. The minimum atomic E-state index is -4.54. The van der Waals surface area contributed by atoms with E-state index >= 15 is 0 Å². The lowest BCUT2D eigenvalue weighted by atomic mass is 10.1. The van der Waals surface area contributed by atoms with E-state index in [1.807, 2.05) is 0 Å². The van der Waals surface area contributed by atoms with Gasteiger partial charge in [-0.3, -0.25) is 9.80 Å². The van der Waals surface area contributed by atoms with E-state index in [2.05, 4.69) is 0 Å². The molecule has 5 nitrogen and oxygen atoms in total. The van der Waals surface area contributed by atoms with Crippen molar-refractivity contribution in [2.45, 2.75) is 6.18 Å². The molecule has 0 aromatic heterocycles. The van der Waals surface area contributed by atoms with Crippen LogP contribution in [0.2, 0.25) is 0 Å². The van der Waals surface area contributed by atoms with E-state index in [0.29, 0.717) is 6.08 Å². The van der Waals surface area contributed by atoms with Crippen molar-refractivity contribution in [2.75, 3.05) is 0 Å². The molecule has 1 aliphatic rings. The molecule has 0 aromatic carbocycles. The smallest absolute Gasteiger partial charge is 0.393 e. The van der Waals surface area contributed by atoms with Gasteiger partial charge < -0.3 is 11.5 Å². The molecule has 1 aliphatic heterocycles. The Labute approximate surface area is 88.6 Å². The first-order valence-corrected chi connectivity index (χ1v) is 4.04. The summed E-state index contributed by atoms with van der Waals surface area (Å²) in [4.78, 5) is 10.7. The molecule has 0 atom stereocenters. The van der Waals surface area contributed by atoms with Gasteiger partial charge >= 0.3 is 6.18 Å². The van der Waals surface area contributed by atoms with Gasteiger partial charge in [-0.2, -0.15) is 13.2 Å². The number of nitrogens with two attached hydrogens (primary N) is 3. The Balaban J connectivity index is 3.23. The molecule has 6 N–H and O–H groups in total. The largest absolute Gasteiger partial charge is 0.416 e. The summed E-state index contributed by atoms with van der Waals surface area (Å²) in [5, 5.41) is 0.787. The number of hydrazine groups is 1. The lowest BCUT2D eigenvalue weighted by Gasteiger charge is -2.22. The Kier molecular flexibility index (Phi) is 2.95. The van der Waals surface area contributed by atoms with E-state index in [4.69, 9.17) is 17.3 Å². The molecule has 1 rings (SSSR count). The van der Waals surface area contributed by atoms with Gasteiger partial charge in [-0.15, -0.1) is 0 Å². The second kappa shape index (κ2) is 3.89. The number of carbonyl (C=O) groups excluding carboxylic acids is 1. The number of hydrogen-bond acceptors (Lipinski definition) is 4. The summed E-state index contributed by atoms with van der Waals surface area (Å²) in [5.41, 5.74) is 8.28. The summed E-state index contributed by atoms with van der Waals surface area (Å²) in [7, 11) is 0. The van der Waals surface area contributed by atoms with Crippen molar-refractivity contribution in [1.82, 2.24) is 5.01 Å². The van der Waals surface area contributed by atoms with Crippen molar-refractivity contribution in [2.24, 2.45) is 17.3 Å². The third-order valence-corrected chi connectivity index (χ3v) is 1.85. The van der Waals surface area contributed by atoms with E-state index < -0.39 is 23.4 Å². The molecule has 1 heterocycles. The van der Waals surface area contributed by atoms with Crippen LogP contribution in [0.5, 0.6) is 0 Å². The van der Waals surface area contributed by atoms with E-state index in [0.717, 1.165) is 17.3 Å². The maximum absolute atomic E-state index is 12.3. The Bertz CT molecular complexity index is 408. The molecule has 0 radical (unpaired) electrons. The molecule has 88 valence electrons. The number of primary amides is 1. The van der Waals surface area contributed by atoms with Gasteiger partial charge in [0.15, 0.2) is 0 Å². The monoisotopic (exact) mass is 234 g/mol. The predicted octanol–water partition coefficient (Wildman–Crippen LogP) is -0.166. The van der Waals surface area contributed by atoms with Crippen LogP contribution in [0.3, 0.4) is 0 Å². The molecular weight excluding hydrogens is 225 g/mol. The lowest BCUT2D eigenvalue weighted by molar-refractivity contribution is -0.114. The van der Waals surface area contributed by atoms with Crippen molar-refractivity contribution in [1.29, 1.82) is 0 Å². The Morgan fingerprint density at radius 1 is 1.31 bits per heavy atom. The summed E-state index contributed by atoms with van der Waals surface area (Å²) < 4.78 is 37.0. The highest BCUT2D eigenvalue weighted by Crippen LogP contribution is 2.30. The number of halogens is 3. The molecule has 1 amide bonds. The van der Waals surface area contributed by atoms with Gasteiger partial charge in [-0.1, -0.05) is 0 Å². The van der Waals surface area contributed by atoms with Crippen molar-refractivity contribution < 1.29 is 18.0 Å². The van der Waals surface area contributed by atoms with E-state index in [9.17, 15) is 18.0 Å². The molecule has 0 saturated heterocycles. The summed E-state index contributed by atoms with van der Waals surface area (Å²) in [6, 6.07) is 0. The molecule has 0 spiro atoms. The fourth-order valence-corrected chi connectivity index (χ4v) is 1.03. The molecular formula is C8H9F3N4O. The molecule has 0 aromatic rings. The third kappa shape index (κ3) is 2.34. The second-order valence-corrected chi connectivity index (χ2v) is 2.98. The van der Waals surface area contributed by atoms with Crippen molar-refractivity contribution in [3.8, 4) is 0 Å². The Morgan fingerprint density at radius 2 is 1.88 bits per heavy atom. The zero-order valence-electron chi connectivity index (χ0n) is 7.95. The van der Waals surface area contributed by atoms with Crippen LogP contribution in [0.25, 0.3) is 0 Å². The van der Waals surface area contributed by atoms with Crippen molar-refractivity contribution in [3.05, 3.63) is 35.3 Å². The average molecular weight is 234 g/mol. The van der Waals surface area contributed by atoms with Gasteiger partial charge in [0.1, 0.15) is 5.70 Å². The van der Waals surface area contributed by atoms with E-state index in [-0.39, 0.29) is 5.70 Å². The molecule has 16 heavy (non-hydrogen) atoms. The molecule has 0 unspecified atom stereocenters. The summed E-state index contributed by atoms with van der Waals surface area (Å²) in [6.45, 7) is 0. The van der Waals surface area contributed by atoms with Crippen LogP contribution in [0.15, 0.2) is 35.3 Å². The van der Waals surface area contributed by atoms with Gasteiger partial charge in [0, 0.05) is 6.20 Å². The first kappa shape index (κ1) is 12.1. The summed E-state index contributed by atoms with van der Waals surface area (Å²) in [5.74, 6) is 4.27. The average Bonchev–Trinajstić information content (AvgIpc) is 2.15. The first-order valence-electron chi connectivity index (χ1n) is 4.04. The number of amides is 1. The van der Waals surface area contributed by atoms with Crippen LogP contribution in [0.1, 0.15) is 0 Å². The molecule has 0 bridgehead atoms. The zero-order chi connectivity index (χ0) is 12.5. The Hall–Kier alpha value is -1.96. The minimum absolute atomic E-state index is 0.290. The number of rotatable bonds is 1. The van der Waals surface area contributed by atoms with Crippen LogP contribution in [0, 0.1) is 0 Å². The molecule has 0 saturated carbocycles. The SMILES string of the molecule is NC(=O)/C(N)=C1\C=C(C(F)(F)F)C=CN1N. The van der Waals surface area contributed by atoms with Crippen molar-refractivity contribution in [3.63, 3.8) is 0 Å². The van der Waals surface area contributed by atoms with Gasteiger partial charge in [-0.05, 0) is 12.2 Å². The standard InChI is InChI=1S/C8H9F3N4O/c9-8(10,11)4-1-2-15(14)5(3-4)6(12)7(13)16/h1-3H,12,14H2,(H2,13,16)/b6-5-. The Morgan fingerprint density at radius 3 is 2.31 bits per heavy atom. The maximum Gasteiger partial charge on any atom is 0.416 e. The lowest BCUT2D eigenvalue weighted by Crippen LogP contribution is -2.33. The maximum atomic E-state index is 12.3.